The smallest absolute Gasteiger partial charge is 0.160 e. The van der Waals surface area contributed by atoms with E-state index in [4.69, 9.17) is 19.9 Å². The normalized spacial score (nSPS) is 11.2. The van der Waals surface area contributed by atoms with Crippen molar-refractivity contribution in [3.05, 3.63) is 176 Å². The number of benzene rings is 5. The molecule has 5 heteroatoms. The lowest BCUT2D eigenvalue weighted by Crippen LogP contribution is -1.97. The van der Waals surface area contributed by atoms with Crippen molar-refractivity contribution in [3.63, 3.8) is 0 Å². The fourth-order valence-electron chi connectivity index (χ4n) is 6.39. The predicted octanol–water partition coefficient (Wildman–Crippen LogP) is 11.0. The molecule has 0 aliphatic heterocycles. The molecule has 4 heterocycles. The van der Waals surface area contributed by atoms with Gasteiger partial charge in [0.15, 0.2) is 5.82 Å². The average molecular weight is 640 g/mol. The molecule has 0 amide bonds. The summed E-state index contributed by atoms with van der Waals surface area (Å²) in [4.78, 5) is 24.8. The van der Waals surface area contributed by atoms with Crippen LogP contribution < -0.4 is 0 Å². The van der Waals surface area contributed by atoms with Gasteiger partial charge in [0.25, 0.3) is 0 Å². The lowest BCUT2D eigenvalue weighted by Gasteiger charge is -2.13. The summed E-state index contributed by atoms with van der Waals surface area (Å²) in [5.74, 6) is 0.685. The number of nitrogens with zero attached hydrogens (tertiary/aromatic N) is 5. The first-order valence-electron chi connectivity index (χ1n) is 16.6. The maximum atomic E-state index is 5.23. The second-order valence-electron chi connectivity index (χ2n) is 12.2. The summed E-state index contributed by atoms with van der Waals surface area (Å²) >= 11 is 0. The fourth-order valence-corrected chi connectivity index (χ4v) is 6.39. The Kier molecular flexibility index (Phi) is 7.41. The van der Waals surface area contributed by atoms with Gasteiger partial charge in [-0.1, -0.05) is 127 Å². The van der Waals surface area contributed by atoms with Crippen molar-refractivity contribution in [2.24, 2.45) is 0 Å². The molecule has 5 nitrogen and oxygen atoms in total. The summed E-state index contributed by atoms with van der Waals surface area (Å²) in [6, 6.07) is 57.9. The Morgan fingerprint density at radius 1 is 0.300 bits per heavy atom. The van der Waals surface area contributed by atoms with Crippen molar-refractivity contribution in [1.82, 2.24) is 24.9 Å². The van der Waals surface area contributed by atoms with Crippen LogP contribution in [0.4, 0.5) is 0 Å². The van der Waals surface area contributed by atoms with E-state index in [-0.39, 0.29) is 0 Å². The Balaban J connectivity index is 1.13. The number of rotatable bonds is 6. The van der Waals surface area contributed by atoms with E-state index in [2.05, 4.69) is 102 Å². The number of aromatic nitrogens is 5. The first-order chi connectivity index (χ1) is 24.7. The largest absolute Gasteiger partial charge is 0.255 e. The molecule has 0 atom stereocenters. The van der Waals surface area contributed by atoms with Gasteiger partial charge >= 0.3 is 0 Å². The third kappa shape index (κ3) is 5.67. The van der Waals surface area contributed by atoms with Crippen LogP contribution in [0.1, 0.15) is 0 Å². The molecule has 0 N–H and O–H groups in total. The molecular weight excluding hydrogens is 611 g/mol. The summed E-state index contributed by atoms with van der Waals surface area (Å²) < 4.78 is 0. The highest BCUT2D eigenvalue weighted by Crippen LogP contribution is 2.35. The Labute approximate surface area is 289 Å². The van der Waals surface area contributed by atoms with Gasteiger partial charge in [-0.05, 0) is 53.6 Å². The number of pyridine rings is 3. The van der Waals surface area contributed by atoms with Crippen molar-refractivity contribution in [2.75, 3.05) is 0 Å². The SMILES string of the molecule is c1ccc(-c2cc(-c3ccccc3-c3ccc4ccc(-c5ccc6ccc(-c7ccccn7)nc6c5)cc4n3)nc(-c3ccccc3)n2)cc1. The summed E-state index contributed by atoms with van der Waals surface area (Å²) in [6.45, 7) is 0. The summed E-state index contributed by atoms with van der Waals surface area (Å²) in [5, 5.41) is 2.16. The van der Waals surface area contributed by atoms with E-state index in [0.717, 1.165) is 83.7 Å². The molecule has 50 heavy (non-hydrogen) atoms. The molecular formula is C45H29N5. The molecule has 0 bridgehead atoms. The quantitative estimate of drug-likeness (QED) is 0.181. The lowest BCUT2D eigenvalue weighted by atomic mass is 9.98. The van der Waals surface area contributed by atoms with Crippen LogP contribution in [0.3, 0.4) is 0 Å². The average Bonchev–Trinajstić information content (AvgIpc) is 3.21. The molecule has 4 aromatic heterocycles. The summed E-state index contributed by atoms with van der Waals surface area (Å²) in [5.41, 5.74) is 12.3. The van der Waals surface area contributed by atoms with Crippen molar-refractivity contribution < 1.29 is 0 Å². The van der Waals surface area contributed by atoms with E-state index in [1.807, 2.05) is 72.8 Å². The standard InChI is InChI=1S/C45H29N5/c1-3-11-30(12-4-1)43-29-44(50-45(49-43)33-13-5-2-6-14-33)37-16-8-7-15-36(37)38-24-22-31-18-20-34(27-41(31)47-38)35-21-19-32-23-25-40(48-42(32)28-35)39-17-9-10-26-46-39/h1-29H. The van der Waals surface area contributed by atoms with E-state index in [9.17, 15) is 0 Å². The molecule has 0 saturated carbocycles. The van der Waals surface area contributed by atoms with E-state index in [1.165, 1.54) is 0 Å². The minimum Gasteiger partial charge on any atom is -0.255 e. The third-order valence-corrected chi connectivity index (χ3v) is 8.95. The second-order valence-corrected chi connectivity index (χ2v) is 12.2. The first-order valence-corrected chi connectivity index (χ1v) is 16.6. The number of fused-ring (bicyclic) bond motifs is 2. The van der Waals surface area contributed by atoms with Gasteiger partial charge in [-0.15, -0.1) is 0 Å². The van der Waals surface area contributed by atoms with Crippen LogP contribution >= 0.6 is 0 Å². The van der Waals surface area contributed by atoms with Gasteiger partial charge < -0.3 is 0 Å². The highest BCUT2D eigenvalue weighted by molar-refractivity contribution is 5.91. The maximum absolute atomic E-state index is 5.23. The number of hydrogen-bond donors (Lipinski definition) is 0. The minimum absolute atomic E-state index is 0.685. The molecule has 5 aromatic carbocycles. The molecule has 0 saturated heterocycles. The zero-order valence-corrected chi connectivity index (χ0v) is 27.0. The van der Waals surface area contributed by atoms with Crippen molar-refractivity contribution in [2.45, 2.75) is 0 Å². The lowest BCUT2D eigenvalue weighted by molar-refractivity contribution is 1.18. The second kappa shape index (κ2) is 12.6. The van der Waals surface area contributed by atoms with Gasteiger partial charge in [0.2, 0.25) is 0 Å². The summed E-state index contributed by atoms with van der Waals surface area (Å²) in [7, 11) is 0. The molecule has 9 rings (SSSR count). The van der Waals surface area contributed by atoms with Gasteiger partial charge in [0, 0.05) is 39.2 Å². The topological polar surface area (TPSA) is 64.5 Å². The monoisotopic (exact) mass is 639 g/mol. The minimum atomic E-state index is 0.685. The zero-order chi connectivity index (χ0) is 33.3. The van der Waals surface area contributed by atoms with Gasteiger partial charge in [-0.25, -0.2) is 19.9 Å². The van der Waals surface area contributed by atoms with E-state index in [0.29, 0.717) is 5.82 Å². The van der Waals surface area contributed by atoms with Crippen LogP contribution in [0, 0.1) is 0 Å². The highest BCUT2D eigenvalue weighted by atomic mass is 14.9. The van der Waals surface area contributed by atoms with Crippen LogP contribution in [-0.2, 0) is 0 Å². The fraction of sp³-hybridized carbons (Fsp3) is 0. The third-order valence-electron chi connectivity index (χ3n) is 8.95. The Morgan fingerprint density at radius 2 is 0.840 bits per heavy atom. The molecule has 0 aliphatic rings. The zero-order valence-electron chi connectivity index (χ0n) is 27.0. The van der Waals surface area contributed by atoms with Gasteiger partial charge in [0.1, 0.15) is 0 Å². The molecule has 234 valence electrons. The molecule has 0 unspecified atom stereocenters. The first kappa shape index (κ1) is 29.3. The van der Waals surface area contributed by atoms with Crippen LogP contribution in [0.5, 0.6) is 0 Å². The predicted molar refractivity (Wildman–Crippen MR) is 203 cm³/mol. The van der Waals surface area contributed by atoms with Crippen LogP contribution in [0.25, 0.3) is 89.5 Å². The van der Waals surface area contributed by atoms with Gasteiger partial charge in [-0.2, -0.15) is 0 Å². The molecule has 0 aliphatic carbocycles. The Hall–Kier alpha value is -6.85. The van der Waals surface area contributed by atoms with Crippen LogP contribution in [0.2, 0.25) is 0 Å². The van der Waals surface area contributed by atoms with E-state index >= 15 is 0 Å². The highest BCUT2D eigenvalue weighted by Gasteiger charge is 2.15. The summed E-state index contributed by atoms with van der Waals surface area (Å²) in [6.07, 6.45) is 1.80. The Bertz CT molecular complexity index is 2580. The van der Waals surface area contributed by atoms with Crippen LogP contribution in [-0.4, -0.2) is 24.9 Å². The van der Waals surface area contributed by atoms with Crippen molar-refractivity contribution in [1.29, 1.82) is 0 Å². The van der Waals surface area contributed by atoms with E-state index < -0.39 is 0 Å². The van der Waals surface area contributed by atoms with Crippen molar-refractivity contribution >= 4 is 21.8 Å². The Morgan fingerprint density at radius 3 is 1.50 bits per heavy atom. The number of hydrogen-bond acceptors (Lipinski definition) is 5. The maximum Gasteiger partial charge on any atom is 0.160 e. The molecule has 0 fully saturated rings. The van der Waals surface area contributed by atoms with Crippen LogP contribution in [0.15, 0.2) is 176 Å². The molecule has 0 spiro atoms. The van der Waals surface area contributed by atoms with Gasteiger partial charge in [-0.3, -0.25) is 4.98 Å². The molecule has 9 aromatic rings. The van der Waals surface area contributed by atoms with Crippen molar-refractivity contribution in [3.8, 4) is 67.7 Å². The molecule has 0 radical (unpaired) electrons. The van der Waals surface area contributed by atoms with Gasteiger partial charge in [0.05, 0.1) is 39.5 Å². The van der Waals surface area contributed by atoms with E-state index in [1.54, 1.807) is 6.20 Å².